The fourth-order valence-electron chi connectivity index (χ4n) is 4.36. The first-order chi connectivity index (χ1) is 16.5. The van der Waals surface area contributed by atoms with Crippen molar-refractivity contribution in [3.63, 3.8) is 0 Å². The van der Waals surface area contributed by atoms with E-state index < -0.39 is 34.7 Å². The van der Waals surface area contributed by atoms with Crippen LogP contribution in [-0.2, 0) is 4.74 Å². The SMILES string of the molecule is CC(C)(C)OC(=O)N1CCC(c2c(F)cc3[nH]c(-c4cc(C#N)ccc4Cl)cc(=O)c3c2F)CC1. The highest BCUT2D eigenvalue weighted by Gasteiger charge is 2.31. The van der Waals surface area contributed by atoms with Crippen molar-refractivity contribution >= 4 is 28.6 Å². The highest BCUT2D eigenvalue weighted by molar-refractivity contribution is 6.33. The Kier molecular flexibility index (Phi) is 6.56. The van der Waals surface area contributed by atoms with Gasteiger partial charge in [0.2, 0.25) is 0 Å². The molecule has 1 saturated heterocycles. The Bertz CT molecular complexity index is 1410. The predicted molar refractivity (Wildman–Crippen MR) is 129 cm³/mol. The molecule has 0 bridgehead atoms. The van der Waals surface area contributed by atoms with E-state index in [4.69, 9.17) is 21.6 Å². The summed E-state index contributed by atoms with van der Waals surface area (Å²) in [7, 11) is 0. The molecule has 1 aromatic heterocycles. The van der Waals surface area contributed by atoms with Crippen molar-refractivity contribution in [2.75, 3.05) is 13.1 Å². The molecule has 3 aromatic rings. The Morgan fingerprint density at radius 1 is 1.20 bits per heavy atom. The summed E-state index contributed by atoms with van der Waals surface area (Å²) >= 11 is 6.23. The standard InChI is InChI=1S/C26H24ClF2N3O3/c1-26(2,3)35-25(34)32-8-6-15(7-9-32)22-18(28)11-20-23(24(22)29)21(33)12-19(31-20)16-10-14(13-30)4-5-17(16)27/h4-5,10-12,15H,6-9H2,1-3H3,(H,31,33). The van der Waals surface area contributed by atoms with Crippen molar-refractivity contribution in [1.82, 2.24) is 9.88 Å². The normalized spacial score (nSPS) is 14.7. The molecular weight excluding hydrogens is 476 g/mol. The number of pyridine rings is 1. The molecule has 9 heteroatoms. The van der Waals surface area contributed by atoms with Gasteiger partial charge in [-0.1, -0.05) is 11.6 Å². The van der Waals surface area contributed by atoms with E-state index in [1.165, 1.54) is 29.2 Å². The number of amides is 1. The van der Waals surface area contributed by atoms with Crippen LogP contribution in [0.1, 0.15) is 50.7 Å². The fourth-order valence-corrected chi connectivity index (χ4v) is 4.58. The maximum atomic E-state index is 15.6. The van der Waals surface area contributed by atoms with Crippen LogP contribution in [0.3, 0.4) is 0 Å². The third-order valence-electron chi connectivity index (χ3n) is 5.99. The largest absolute Gasteiger partial charge is 0.444 e. The van der Waals surface area contributed by atoms with Gasteiger partial charge in [-0.25, -0.2) is 13.6 Å². The maximum Gasteiger partial charge on any atom is 0.410 e. The van der Waals surface area contributed by atoms with E-state index in [0.29, 0.717) is 37.1 Å². The number of ether oxygens (including phenoxy) is 1. The molecule has 0 unspecified atom stereocenters. The monoisotopic (exact) mass is 499 g/mol. The van der Waals surface area contributed by atoms with Crippen molar-refractivity contribution in [3.05, 3.63) is 68.3 Å². The van der Waals surface area contributed by atoms with E-state index in [0.717, 1.165) is 6.07 Å². The zero-order valence-corrected chi connectivity index (χ0v) is 20.3. The van der Waals surface area contributed by atoms with Gasteiger partial charge in [-0.3, -0.25) is 4.79 Å². The average Bonchev–Trinajstić information content (AvgIpc) is 2.78. The van der Waals surface area contributed by atoms with Crippen molar-refractivity contribution in [2.24, 2.45) is 0 Å². The second-order valence-corrected chi connectivity index (χ2v) is 10.0. The molecule has 1 fully saturated rings. The Morgan fingerprint density at radius 2 is 1.89 bits per heavy atom. The van der Waals surface area contributed by atoms with Gasteiger partial charge in [0, 0.05) is 35.3 Å². The molecule has 0 spiro atoms. The zero-order valence-electron chi connectivity index (χ0n) is 19.5. The van der Waals surface area contributed by atoms with Crippen molar-refractivity contribution < 1.29 is 18.3 Å². The van der Waals surface area contributed by atoms with E-state index >= 15 is 8.78 Å². The number of rotatable bonds is 2. The van der Waals surface area contributed by atoms with Gasteiger partial charge in [-0.05, 0) is 63.8 Å². The molecule has 0 atom stereocenters. The van der Waals surface area contributed by atoms with Crippen LogP contribution in [0, 0.1) is 23.0 Å². The number of aromatic amines is 1. The molecule has 1 N–H and O–H groups in total. The van der Waals surface area contributed by atoms with Crippen LogP contribution in [0.2, 0.25) is 5.02 Å². The zero-order chi connectivity index (χ0) is 25.5. The lowest BCUT2D eigenvalue weighted by Crippen LogP contribution is -2.41. The molecule has 0 radical (unpaired) electrons. The van der Waals surface area contributed by atoms with Gasteiger partial charge >= 0.3 is 6.09 Å². The summed E-state index contributed by atoms with van der Waals surface area (Å²) < 4.78 is 36.1. The minimum absolute atomic E-state index is 0.00383. The smallest absolute Gasteiger partial charge is 0.410 e. The first-order valence-electron chi connectivity index (χ1n) is 11.2. The van der Waals surface area contributed by atoms with Crippen molar-refractivity contribution in [3.8, 4) is 17.3 Å². The number of nitriles is 1. The molecule has 1 aliphatic heterocycles. The summed E-state index contributed by atoms with van der Waals surface area (Å²) in [5.41, 5.74) is -0.455. The summed E-state index contributed by atoms with van der Waals surface area (Å²) in [4.78, 5) is 29.6. The number of carbonyl (C=O) groups excluding carboxylic acids is 1. The van der Waals surface area contributed by atoms with Crippen LogP contribution in [0.15, 0.2) is 35.1 Å². The molecular formula is C26H24ClF2N3O3. The fraction of sp³-hybridized carbons (Fsp3) is 0.346. The number of halogens is 3. The van der Waals surface area contributed by atoms with Gasteiger partial charge in [-0.15, -0.1) is 0 Å². The van der Waals surface area contributed by atoms with Gasteiger partial charge in [0.15, 0.2) is 5.43 Å². The number of carbonyl (C=O) groups is 1. The van der Waals surface area contributed by atoms with E-state index in [9.17, 15) is 9.59 Å². The summed E-state index contributed by atoms with van der Waals surface area (Å²) in [5, 5.41) is 9.20. The molecule has 2 aromatic carbocycles. The Morgan fingerprint density at radius 3 is 2.51 bits per heavy atom. The molecule has 0 saturated carbocycles. The van der Waals surface area contributed by atoms with Crippen LogP contribution in [0.4, 0.5) is 13.6 Å². The van der Waals surface area contributed by atoms with Gasteiger partial charge < -0.3 is 14.6 Å². The van der Waals surface area contributed by atoms with Gasteiger partial charge in [-0.2, -0.15) is 5.26 Å². The number of benzene rings is 2. The van der Waals surface area contributed by atoms with E-state index in [1.54, 1.807) is 20.8 Å². The van der Waals surface area contributed by atoms with Crippen LogP contribution in [0.25, 0.3) is 22.2 Å². The Hall–Kier alpha value is -3.44. The van der Waals surface area contributed by atoms with Gasteiger partial charge in [0.1, 0.15) is 17.2 Å². The Labute approximate surface area is 206 Å². The highest BCUT2D eigenvalue weighted by atomic mass is 35.5. The highest BCUT2D eigenvalue weighted by Crippen LogP contribution is 2.35. The minimum Gasteiger partial charge on any atom is -0.444 e. The number of H-pyrrole nitrogens is 1. The first kappa shape index (κ1) is 24.7. The third kappa shape index (κ3) is 5.01. The molecule has 4 rings (SSSR count). The van der Waals surface area contributed by atoms with E-state index in [-0.39, 0.29) is 27.2 Å². The van der Waals surface area contributed by atoms with E-state index in [2.05, 4.69) is 4.98 Å². The predicted octanol–water partition coefficient (Wildman–Crippen LogP) is 6.11. The first-order valence-corrected chi connectivity index (χ1v) is 11.6. The molecule has 6 nitrogen and oxygen atoms in total. The minimum atomic E-state index is -0.902. The van der Waals surface area contributed by atoms with Crippen molar-refractivity contribution in [2.45, 2.75) is 45.1 Å². The average molecular weight is 500 g/mol. The molecule has 182 valence electrons. The van der Waals surface area contributed by atoms with Crippen LogP contribution >= 0.6 is 11.6 Å². The quantitative estimate of drug-likeness (QED) is 0.460. The lowest BCUT2D eigenvalue weighted by molar-refractivity contribution is 0.0204. The van der Waals surface area contributed by atoms with Crippen LogP contribution in [0.5, 0.6) is 0 Å². The lowest BCUT2D eigenvalue weighted by Gasteiger charge is -2.33. The number of nitrogens with zero attached hydrogens (tertiary/aromatic N) is 2. The summed E-state index contributed by atoms with van der Waals surface area (Å²) in [6.45, 7) is 5.90. The number of piperidine rings is 1. The van der Waals surface area contributed by atoms with E-state index in [1.807, 2.05) is 6.07 Å². The second kappa shape index (κ2) is 9.31. The summed E-state index contributed by atoms with van der Waals surface area (Å²) in [6, 6.07) is 8.85. The molecule has 2 heterocycles. The molecule has 1 amide bonds. The third-order valence-corrected chi connectivity index (χ3v) is 6.31. The number of aromatic nitrogens is 1. The number of fused-ring (bicyclic) bond motifs is 1. The lowest BCUT2D eigenvalue weighted by atomic mass is 9.87. The van der Waals surface area contributed by atoms with Gasteiger partial charge in [0.25, 0.3) is 0 Å². The van der Waals surface area contributed by atoms with Gasteiger partial charge in [0.05, 0.1) is 28.2 Å². The molecule has 35 heavy (non-hydrogen) atoms. The molecule has 1 aliphatic rings. The van der Waals surface area contributed by atoms with Crippen LogP contribution in [-0.4, -0.2) is 34.7 Å². The van der Waals surface area contributed by atoms with Crippen molar-refractivity contribution in [1.29, 1.82) is 5.26 Å². The number of hydrogen-bond acceptors (Lipinski definition) is 4. The topological polar surface area (TPSA) is 86.2 Å². The molecule has 0 aliphatic carbocycles. The second-order valence-electron chi connectivity index (χ2n) is 9.60. The number of nitrogens with one attached hydrogen (secondary N) is 1. The number of hydrogen-bond donors (Lipinski definition) is 1. The van der Waals surface area contributed by atoms with Crippen LogP contribution < -0.4 is 5.43 Å². The Balaban J connectivity index is 1.67. The summed E-state index contributed by atoms with van der Waals surface area (Å²) in [6.07, 6.45) is 0.217. The maximum absolute atomic E-state index is 15.6. The summed E-state index contributed by atoms with van der Waals surface area (Å²) in [5.74, 6) is -2.16. The number of likely N-dealkylation sites (tertiary alicyclic amines) is 1.